The minimum Gasteiger partial charge on any atom is -0.392 e. The Bertz CT molecular complexity index is 765. The monoisotopic (exact) mass is 343 g/mol. The second-order valence-electron chi connectivity index (χ2n) is 7.00. The van der Waals surface area contributed by atoms with Crippen LogP contribution in [0.15, 0.2) is 30.3 Å². The van der Waals surface area contributed by atoms with Crippen molar-refractivity contribution >= 4 is 12.2 Å². The summed E-state index contributed by atoms with van der Waals surface area (Å²) >= 11 is 5.88. The van der Waals surface area contributed by atoms with E-state index in [-0.39, 0.29) is 6.10 Å². The van der Waals surface area contributed by atoms with E-state index in [1.54, 1.807) is 0 Å². The summed E-state index contributed by atoms with van der Waals surface area (Å²) in [5, 5.41) is 9.97. The highest BCUT2D eigenvalue weighted by molar-refractivity contribution is 7.71. The highest BCUT2D eigenvalue weighted by Gasteiger charge is 2.24. The van der Waals surface area contributed by atoms with Gasteiger partial charge in [-0.3, -0.25) is 9.47 Å². The Labute approximate surface area is 148 Å². The van der Waals surface area contributed by atoms with E-state index in [9.17, 15) is 5.11 Å². The largest absolute Gasteiger partial charge is 0.392 e. The highest BCUT2D eigenvalue weighted by Crippen LogP contribution is 2.27. The SMILES string of the molecule is O[C@@H]1CCCN(Cn2c3c(n(-c4ccccc4)c2=S)CCCC3)C1. The van der Waals surface area contributed by atoms with Gasteiger partial charge in [0.2, 0.25) is 0 Å². The van der Waals surface area contributed by atoms with Crippen molar-refractivity contribution in [3.05, 3.63) is 46.5 Å². The maximum absolute atomic E-state index is 9.97. The Kier molecular flexibility index (Phi) is 4.57. The van der Waals surface area contributed by atoms with Gasteiger partial charge in [-0.2, -0.15) is 0 Å². The molecule has 1 N–H and O–H groups in total. The van der Waals surface area contributed by atoms with Crippen LogP contribution in [0, 0.1) is 4.77 Å². The van der Waals surface area contributed by atoms with Gasteiger partial charge in [0.1, 0.15) is 0 Å². The van der Waals surface area contributed by atoms with Crippen molar-refractivity contribution in [1.82, 2.24) is 14.0 Å². The van der Waals surface area contributed by atoms with Crippen molar-refractivity contribution in [3.63, 3.8) is 0 Å². The number of imidazole rings is 1. The molecule has 1 aromatic heterocycles. The molecule has 0 saturated carbocycles. The molecule has 1 saturated heterocycles. The van der Waals surface area contributed by atoms with Gasteiger partial charge in [-0.1, -0.05) is 18.2 Å². The fourth-order valence-electron chi connectivity index (χ4n) is 4.11. The lowest BCUT2D eigenvalue weighted by Crippen LogP contribution is -2.39. The molecule has 1 fully saturated rings. The zero-order valence-electron chi connectivity index (χ0n) is 14.0. The van der Waals surface area contributed by atoms with E-state index in [4.69, 9.17) is 12.2 Å². The van der Waals surface area contributed by atoms with E-state index in [0.29, 0.717) is 0 Å². The predicted octanol–water partition coefficient (Wildman–Crippen LogP) is 3.30. The van der Waals surface area contributed by atoms with Gasteiger partial charge in [-0.25, -0.2) is 0 Å². The summed E-state index contributed by atoms with van der Waals surface area (Å²) in [4.78, 5) is 2.34. The summed E-state index contributed by atoms with van der Waals surface area (Å²) < 4.78 is 5.48. The van der Waals surface area contributed by atoms with E-state index in [1.807, 2.05) is 6.07 Å². The lowest BCUT2D eigenvalue weighted by molar-refractivity contribution is 0.0533. The molecule has 24 heavy (non-hydrogen) atoms. The third-order valence-electron chi connectivity index (χ3n) is 5.26. The van der Waals surface area contributed by atoms with E-state index in [0.717, 1.165) is 55.9 Å². The van der Waals surface area contributed by atoms with Crippen LogP contribution >= 0.6 is 12.2 Å². The van der Waals surface area contributed by atoms with Crippen molar-refractivity contribution in [2.24, 2.45) is 0 Å². The first-order valence-corrected chi connectivity index (χ1v) is 9.44. The van der Waals surface area contributed by atoms with Crippen molar-refractivity contribution in [3.8, 4) is 5.69 Å². The molecular weight excluding hydrogens is 318 g/mol. The van der Waals surface area contributed by atoms with Crippen LogP contribution in [-0.4, -0.2) is 38.3 Å². The number of aromatic nitrogens is 2. The second kappa shape index (κ2) is 6.82. The summed E-state index contributed by atoms with van der Waals surface area (Å²) in [6.07, 6.45) is 6.48. The molecule has 4 rings (SSSR count). The van der Waals surface area contributed by atoms with Gasteiger partial charge < -0.3 is 9.67 Å². The Hall–Kier alpha value is -1.43. The molecule has 0 bridgehead atoms. The summed E-state index contributed by atoms with van der Waals surface area (Å²) in [5.41, 5.74) is 3.95. The van der Waals surface area contributed by atoms with Crippen molar-refractivity contribution < 1.29 is 5.11 Å². The van der Waals surface area contributed by atoms with Gasteiger partial charge in [-0.15, -0.1) is 0 Å². The average Bonchev–Trinajstić information content (AvgIpc) is 2.88. The number of para-hydroxylation sites is 1. The maximum atomic E-state index is 9.97. The molecule has 1 aliphatic heterocycles. The molecule has 5 heteroatoms. The van der Waals surface area contributed by atoms with Gasteiger partial charge in [0.15, 0.2) is 4.77 Å². The molecule has 0 radical (unpaired) electrons. The van der Waals surface area contributed by atoms with Crippen LogP contribution in [0.5, 0.6) is 0 Å². The van der Waals surface area contributed by atoms with Gasteiger partial charge in [-0.05, 0) is 62.9 Å². The predicted molar refractivity (Wildman–Crippen MR) is 98.0 cm³/mol. The topological polar surface area (TPSA) is 33.3 Å². The smallest absolute Gasteiger partial charge is 0.186 e. The number of nitrogens with zero attached hydrogens (tertiary/aromatic N) is 3. The van der Waals surface area contributed by atoms with Gasteiger partial charge in [0, 0.05) is 30.2 Å². The summed E-state index contributed by atoms with van der Waals surface area (Å²) in [6.45, 7) is 2.61. The average molecular weight is 343 g/mol. The lowest BCUT2D eigenvalue weighted by Gasteiger charge is -2.30. The number of aliphatic hydroxyl groups is 1. The first-order valence-electron chi connectivity index (χ1n) is 9.03. The van der Waals surface area contributed by atoms with Crippen LogP contribution in [0.2, 0.25) is 0 Å². The van der Waals surface area contributed by atoms with E-state index < -0.39 is 0 Å². The Balaban J connectivity index is 1.74. The molecule has 1 aliphatic carbocycles. The van der Waals surface area contributed by atoms with Crippen molar-refractivity contribution in [2.45, 2.75) is 51.3 Å². The number of hydrogen-bond donors (Lipinski definition) is 1. The van der Waals surface area contributed by atoms with Crippen LogP contribution < -0.4 is 0 Å². The number of piperidine rings is 1. The molecule has 2 heterocycles. The molecule has 0 spiro atoms. The van der Waals surface area contributed by atoms with Crippen LogP contribution in [-0.2, 0) is 19.5 Å². The minimum absolute atomic E-state index is 0.194. The number of β-amino-alcohol motifs (C(OH)–C–C–N with tert-alkyl or cyclic N) is 1. The van der Waals surface area contributed by atoms with Crippen molar-refractivity contribution in [1.29, 1.82) is 0 Å². The van der Waals surface area contributed by atoms with Gasteiger partial charge >= 0.3 is 0 Å². The number of rotatable bonds is 3. The molecule has 1 atom stereocenters. The molecule has 2 aliphatic rings. The normalized spacial score (nSPS) is 21.6. The minimum atomic E-state index is -0.194. The number of benzene rings is 1. The van der Waals surface area contributed by atoms with Crippen molar-refractivity contribution in [2.75, 3.05) is 13.1 Å². The Morgan fingerprint density at radius 2 is 1.79 bits per heavy atom. The number of likely N-dealkylation sites (tertiary alicyclic amines) is 1. The van der Waals surface area contributed by atoms with Gasteiger partial charge in [0.05, 0.1) is 12.8 Å². The molecule has 128 valence electrons. The lowest BCUT2D eigenvalue weighted by atomic mass is 10.0. The third-order valence-corrected chi connectivity index (χ3v) is 5.67. The Morgan fingerprint density at radius 1 is 1.04 bits per heavy atom. The van der Waals surface area contributed by atoms with Crippen LogP contribution in [0.3, 0.4) is 0 Å². The summed E-state index contributed by atoms with van der Waals surface area (Å²) in [5.74, 6) is 0. The number of fused-ring (bicyclic) bond motifs is 1. The quantitative estimate of drug-likeness (QED) is 0.868. The zero-order valence-corrected chi connectivity index (χ0v) is 14.8. The summed E-state index contributed by atoms with van der Waals surface area (Å²) in [6, 6.07) is 10.5. The maximum Gasteiger partial charge on any atom is 0.186 e. The molecule has 0 unspecified atom stereocenters. The molecular formula is C19H25N3OS. The second-order valence-corrected chi connectivity index (χ2v) is 7.36. The van der Waals surface area contributed by atoms with E-state index in [2.05, 4.69) is 38.3 Å². The standard InChI is InChI=1S/C19H25N3OS/c23-16-9-6-12-20(13-16)14-21-17-10-4-5-11-18(17)22(19(21)24)15-7-2-1-3-8-15/h1-3,7-8,16,23H,4-6,9-14H2/t16-/m1/s1. The fraction of sp³-hybridized carbons (Fsp3) is 0.526. The van der Waals surface area contributed by atoms with Gasteiger partial charge in [0.25, 0.3) is 0 Å². The summed E-state index contributed by atoms with van der Waals surface area (Å²) in [7, 11) is 0. The molecule has 1 aromatic carbocycles. The van der Waals surface area contributed by atoms with Crippen LogP contribution in [0.25, 0.3) is 5.69 Å². The molecule has 4 nitrogen and oxygen atoms in total. The molecule has 2 aromatic rings. The highest BCUT2D eigenvalue weighted by atomic mass is 32.1. The number of hydrogen-bond acceptors (Lipinski definition) is 3. The Morgan fingerprint density at radius 3 is 2.54 bits per heavy atom. The third kappa shape index (κ3) is 2.96. The number of aliphatic hydroxyl groups excluding tert-OH is 1. The molecule has 0 amide bonds. The van der Waals surface area contributed by atoms with Crippen LogP contribution in [0.4, 0.5) is 0 Å². The van der Waals surface area contributed by atoms with E-state index in [1.165, 1.54) is 24.2 Å². The first kappa shape index (κ1) is 16.1. The van der Waals surface area contributed by atoms with E-state index >= 15 is 0 Å². The first-order chi connectivity index (χ1) is 11.7. The fourth-order valence-corrected chi connectivity index (χ4v) is 4.49. The zero-order chi connectivity index (χ0) is 16.5. The van der Waals surface area contributed by atoms with Crippen LogP contribution in [0.1, 0.15) is 37.1 Å².